The van der Waals surface area contributed by atoms with Crippen LogP contribution >= 0.6 is 11.8 Å². The van der Waals surface area contributed by atoms with E-state index < -0.39 is 0 Å². The molecule has 0 unspecified atom stereocenters. The number of pyridine rings is 1. The van der Waals surface area contributed by atoms with E-state index in [2.05, 4.69) is 47.3 Å². The van der Waals surface area contributed by atoms with Crippen LogP contribution in [-0.4, -0.2) is 25.8 Å². The molecule has 1 N–H and O–H groups in total. The lowest BCUT2D eigenvalue weighted by Gasteiger charge is -2.10. The van der Waals surface area contributed by atoms with E-state index in [4.69, 9.17) is 0 Å². The molecule has 0 aliphatic heterocycles. The van der Waals surface area contributed by atoms with Crippen molar-refractivity contribution in [2.75, 3.05) is 0 Å². The molecule has 0 atom stereocenters. The van der Waals surface area contributed by atoms with Gasteiger partial charge in [-0.2, -0.15) is 0 Å². The molecule has 2 heterocycles. The van der Waals surface area contributed by atoms with Crippen LogP contribution < -0.4 is 5.32 Å². The molecule has 0 amide bonds. The summed E-state index contributed by atoms with van der Waals surface area (Å²) in [6, 6.07) is 2.65. The van der Waals surface area contributed by atoms with Gasteiger partial charge in [0.25, 0.3) is 0 Å². The van der Waals surface area contributed by atoms with Gasteiger partial charge in [-0.3, -0.25) is 0 Å². The van der Waals surface area contributed by atoms with Crippen LogP contribution in [0.5, 0.6) is 0 Å². The quantitative estimate of drug-likeness (QED) is 0.917. The van der Waals surface area contributed by atoms with E-state index in [0.717, 1.165) is 22.6 Å². The van der Waals surface area contributed by atoms with Crippen LogP contribution in [0.2, 0.25) is 0 Å². The third-order valence-electron chi connectivity index (χ3n) is 3.04. The summed E-state index contributed by atoms with van der Waals surface area (Å²) in [7, 11) is 1.97. The summed E-state index contributed by atoms with van der Waals surface area (Å²) < 4.78 is 1.97. The van der Waals surface area contributed by atoms with E-state index in [1.807, 2.05) is 24.7 Å². The van der Waals surface area contributed by atoms with E-state index in [1.54, 1.807) is 11.8 Å². The minimum atomic E-state index is 0.478. The molecule has 6 heteroatoms. The highest BCUT2D eigenvalue weighted by atomic mass is 32.2. The number of nitrogens with zero attached hydrogens (tertiary/aromatic N) is 4. The smallest absolute Gasteiger partial charge is 0.197 e. The van der Waals surface area contributed by atoms with Crippen LogP contribution in [0.15, 0.2) is 22.4 Å². The van der Waals surface area contributed by atoms with E-state index in [-0.39, 0.29) is 0 Å². The van der Waals surface area contributed by atoms with Crippen molar-refractivity contribution in [1.82, 2.24) is 25.1 Å². The van der Waals surface area contributed by atoms with Crippen LogP contribution in [0, 0.1) is 13.8 Å². The number of rotatable bonds is 5. The summed E-state index contributed by atoms with van der Waals surface area (Å²) in [5, 5.41) is 13.5. The van der Waals surface area contributed by atoms with Gasteiger partial charge in [-0.25, -0.2) is 4.98 Å². The Morgan fingerprint density at radius 2 is 2.05 bits per heavy atom. The highest BCUT2D eigenvalue weighted by molar-refractivity contribution is 7.99. The molecule has 20 heavy (non-hydrogen) atoms. The van der Waals surface area contributed by atoms with Crippen molar-refractivity contribution in [1.29, 1.82) is 0 Å². The second kappa shape index (κ2) is 6.37. The molecule has 0 bridgehead atoms. The minimum absolute atomic E-state index is 0.478. The van der Waals surface area contributed by atoms with Gasteiger partial charge in [0, 0.05) is 25.8 Å². The van der Waals surface area contributed by atoms with Gasteiger partial charge in [0.1, 0.15) is 10.9 Å². The number of aryl methyl sites for hydroxylation is 2. The number of nitrogens with one attached hydrogen (secondary N) is 1. The topological polar surface area (TPSA) is 55.6 Å². The molecule has 2 aromatic rings. The summed E-state index contributed by atoms with van der Waals surface area (Å²) in [6.45, 7) is 9.15. The third kappa shape index (κ3) is 3.58. The molecule has 5 nitrogen and oxygen atoms in total. The average Bonchev–Trinajstić information content (AvgIpc) is 2.71. The normalized spacial score (nSPS) is 11.3. The van der Waals surface area contributed by atoms with Crippen LogP contribution in [0.25, 0.3) is 0 Å². The second-order valence-electron chi connectivity index (χ2n) is 5.19. The van der Waals surface area contributed by atoms with Crippen molar-refractivity contribution >= 4 is 11.8 Å². The lowest BCUT2D eigenvalue weighted by Crippen LogP contribution is -2.21. The van der Waals surface area contributed by atoms with E-state index in [0.29, 0.717) is 6.04 Å². The zero-order valence-electron chi connectivity index (χ0n) is 12.6. The molecule has 0 aromatic carbocycles. The van der Waals surface area contributed by atoms with Crippen molar-refractivity contribution in [2.45, 2.75) is 50.5 Å². The number of hydrogen-bond acceptors (Lipinski definition) is 5. The first-order valence-electron chi connectivity index (χ1n) is 6.70. The molecule has 0 fully saturated rings. The second-order valence-corrected chi connectivity index (χ2v) is 6.15. The van der Waals surface area contributed by atoms with Gasteiger partial charge < -0.3 is 9.88 Å². The largest absolute Gasteiger partial charge is 0.310 e. The van der Waals surface area contributed by atoms with Gasteiger partial charge in [0.05, 0.1) is 0 Å². The van der Waals surface area contributed by atoms with Crippen LogP contribution in [0.3, 0.4) is 0 Å². The zero-order chi connectivity index (χ0) is 14.7. The third-order valence-corrected chi connectivity index (χ3v) is 4.20. The van der Waals surface area contributed by atoms with Crippen molar-refractivity contribution < 1.29 is 0 Å². The lowest BCUT2D eigenvalue weighted by atomic mass is 10.2. The fourth-order valence-electron chi connectivity index (χ4n) is 1.71. The molecule has 0 radical (unpaired) electrons. The van der Waals surface area contributed by atoms with Crippen molar-refractivity contribution in [2.24, 2.45) is 7.05 Å². The standard InChI is InChI=1S/C14H21N5S/c1-9(2)15-7-12-6-10(3)13(16-8-12)20-14-18-17-11(4)19(14)5/h6,8-9,15H,7H2,1-5H3. The Morgan fingerprint density at radius 1 is 1.30 bits per heavy atom. The van der Waals surface area contributed by atoms with Crippen LogP contribution in [0.1, 0.15) is 30.8 Å². The van der Waals surface area contributed by atoms with Gasteiger partial charge in [0.15, 0.2) is 5.16 Å². The molecule has 108 valence electrons. The molecule has 0 aliphatic carbocycles. The molecule has 0 saturated heterocycles. The van der Waals surface area contributed by atoms with E-state index in [1.165, 1.54) is 11.1 Å². The predicted molar refractivity (Wildman–Crippen MR) is 80.8 cm³/mol. The highest BCUT2D eigenvalue weighted by Gasteiger charge is 2.10. The number of aromatic nitrogens is 4. The van der Waals surface area contributed by atoms with Gasteiger partial charge in [-0.05, 0) is 36.7 Å². The first kappa shape index (κ1) is 15.0. The molecule has 0 aliphatic rings. The lowest BCUT2D eigenvalue weighted by molar-refractivity contribution is 0.587. The fraction of sp³-hybridized carbons (Fsp3) is 0.500. The first-order valence-corrected chi connectivity index (χ1v) is 7.51. The molecule has 0 spiro atoms. The first-order chi connectivity index (χ1) is 9.47. The highest BCUT2D eigenvalue weighted by Crippen LogP contribution is 2.27. The SMILES string of the molecule is Cc1cc(CNC(C)C)cnc1Sc1nnc(C)n1C. The Balaban J connectivity index is 2.11. The van der Waals surface area contributed by atoms with Gasteiger partial charge in [-0.1, -0.05) is 19.9 Å². The van der Waals surface area contributed by atoms with Gasteiger partial charge >= 0.3 is 0 Å². The molecule has 0 saturated carbocycles. The molecular weight excluding hydrogens is 270 g/mol. The summed E-state index contributed by atoms with van der Waals surface area (Å²) in [4.78, 5) is 4.54. The Hall–Kier alpha value is -1.40. The van der Waals surface area contributed by atoms with E-state index >= 15 is 0 Å². The summed E-state index contributed by atoms with van der Waals surface area (Å²) >= 11 is 1.55. The van der Waals surface area contributed by atoms with E-state index in [9.17, 15) is 0 Å². The molecule has 2 aromatic heterocycles. The average molecular weight is 291 g/mol. The summed E-state index contributed by atoms with van der Waals surface area (Å²) in [5.74, 6) is 0.905. The van der Waals surface area contributed by atoms with Gasteiger partial charge in [0.2, 0.25) is 0 Å². The van der Waals surface area contributed by atoms with Crippen molar-refractivity contribution in [3.05, 3.63) is 29.2 Å². The molecular formula is C14H21N5S. The Morgan fingerprint density at radius 3 is 2.60 bits per heavy atom. The van der Waals surface area contributed by atoms with Crippen molar-refractivity contribution in [3.8, 4) is 0 Å². The van der Waals surface area contributed by atoms with Crippen LogP contribution in [0.4, 0.5) is 0 Å². The summed E-state index contributed by atoms with van der Waals surface area (Å²) in [5.41, 5.74) is 2.37. The molecule has 2 rings (SSSR count). The maximum atomic E-state index is 4.54. The fourth-order valence-corrected chi connectivity index (χ4v) is 2.56. The monoisotopic (exact) mass is 291 g/mol. The van der Waals surface area contributed by atoms with Gasteiger partial charge in [-0.15, -0.1) is 10.2 Å². The maximum Gasteiger partial charge on any atom is 0.197 e. The minimum Gasteiger partial charge on any atom is -0.310 e. The maximum absolute atomic E-state index is 4.54. The van der Waals surface area contributed by atoms with Crippen LogP contribution in [-0.2, 0) is 13.6 Å². The summed E-state index contributed by atoms with van der Waals surface area (Å²) in [6.07, 6.45) is 1.92. The van der Waals surface area contributed by atoms with Crippen molar-refractivity contribution in [3.63, 3.8) is 0 Å². The predicted octanol–water partition coefficient (Wildman–Crippen LogP) is 2.48. The zero-order valence-corrected chi connectivity index (χ0v) is 13.5. The Bertz CT molecular complexity index is 591. The number of hydrogen-bond donors (Lipinski definition) is 1. The Labute approximate surface area is 124 Å². The Kier molecular flexibility index (Phi) is 4.77.